The molecule has 0 heterocycles. The maximum absolute atomic E-state index is 13.6. The van der Waals surface area contributed by atoms with Gasteiger partial charge >= 0.3 is 0 Å². The number of ether oxygens (including phenoxy) is 2. The van der Waals surface area contributed by atoms with Crippen LogP contribution in [0.15, 0.2) is 60.7 Å². The summed E-state index contributed by atoms with van der Waals surface area (Å²) in [6.45, 7) is 0. The molecule has 0 aromatic heterocycles. The summed E-state index contributed by atoms with van der Waals surface area (Å²) in [5.41, 5.74) is 7.48. The molecule has 270 valence electrons. The van der Waals surface area contributed by atoms with E-state index in [0.29, 0.717) is 91.4 Å². The van der Waals surface area contributed by atoms with Crippen LogP contribution >= 0.6 is 0 Å². The quantitative estimate of drug-likeness (QED) is 0.114. The van der Waals surface area contributed by atoms with Crippen molar-refractivity contribution in [3.8, 4) is 11.5 Å². The SMILES string of the molecule is COc1cc(OC)c(C(O)NC2CCC(NC(=O)c3cccc(C=O)c3)CC2)cc1C(=O)NC1CCC(NC(=O)c2cccc(C(N)=O)c2)CC1. The summed E-state index contributed by atoms with van der Waals surface area (Å²) in [5.74, 6) is -0.808. The average molecular weight is 700 g/mol. The number of nitrogens with two attached hydrogens (primary N) is 1. The van der Waals surface area contributed by atoms with Crippen LogP contribution in [0.5, 0.6) is 11.5 Å². The highest BCUT2D eigenvalue weighted by Crippen LogP contribution is 2.34. The van der Waals surface area contributed by atoms with Gasteiger partial charge in [-0.2, -0.15) is 0 Å². The van der Waals surface area contributed by atoms with E-state index in [0.717, 1.165) is 0 Å². The molecule has 0 saturated heterocycles. The Bertz CT molecular complexity index is 1750. The van der Waals surface area contributed by atoms with Crippen molar-refractivity contribution < 1.29 is 38.6 Å². The number of amides is 4. The molecule has 2 fully saturated rings. The van der Waals surface area contributed by atoms with Crippen molar-refractivity contribution in [2.24, 2.45) is 5.73 Å². The van der Waals surface area contributed by atoms with Crippen molar-refractivity contribution in [3.63, 3.8) is 0 Å². The Balaban J connectivity index is 1.14. The summed E-state index contributed by atoms with van der Waals surface area (Å²) in [6.07, 6.45) is 4.96. The van der Waals surface area contributed by atoms with Gasteiger partial charge in [0.1, 0.15) is 24.0 Å². The first-order valence-electron chi connectivity index (χ1n) is 17.2. The van der Waals surface area contributed by atoms with Crippen LogP contribution in [0.3, 0.4) is 0 Å². The number of carbonyl (C=O) groups excluding carboxylic acids is 5. The van der Waals surface area contributed by atoms with E-state index in [-0.39, 0.29) is 53.0 Å². The summed E-state index contributed by atoms with van der Waals surface area (Å²) in [4.78, 5) is 61.6. The molecule has 3 aromatic carbocycles. The highest BCUT2D eigenvalue weighted by Gasteiger charge is 2.29. The Hall–Kier alpha value is -5.27. The second kappa shape index (κ2) is 17.1. The largest absolute Gasteiger partial charge is 0.496 e. The molecule has 5 rings (SSSR count). The minimum absolute atomic E-state index is 0.0370. The monoisotopic (exact) mass is 699 g/mol. The fraction of sp³-hybridized carbons (Fsp3) is 0.395. The Morgan fingerprint density at radius 2 is 1.18 bits per heavy atom. The standard InChI is InChI=1S/C38H45N5O8/c1-50-32-20-33(51-2)31(38(49)43-29-15-11-27(12-16-29)41-36(47)25-8-4-6-23(18-25)34(39)45)19-30(32)37(48)42-28-13-9-26(10-14-28)40-35(46)24-7-3-5-22(17-24)21-44/h3-8,17-21,26-29,37,42,48H,9-16H2,1-2H3,(H2,39,45)(H,40,46)(H,41,47)(H,43,49). The molecular weight excluding hydrogens is 654 g/mol. The van der Waals surface area contributed by atoms with Gasteiger partial charge in [-0.05, 0) is 87.8 Å². The minimum Gasteiger partial charge on any atom is -0.496 e. The molecule has 13 heteroatoms. The van der Waals surface area contributed by atoms with E-state index in [1.54, 1.807) is 54.6 Å². The van der Waals surface area contributed by atoms with Gasteiger partial charge in [0.25, 0.3) is 17.7 Å². The maximum Gasteiger partial charge on any atom is 0.255 e. The number of nitrogens with one attached hydrogen (secondary N) is 4. The fourth-order valence-electron chi connectivity index (χ4n) is 6.78. The van der Waals surface area contributed by atoms with Gasteiger partial charge in [-0.15, -0.1) is 0 Å². The van der Waals surface area contributed by atoms with Gasteiger partial charge in [-0.25, -0.2) is 0 Å². The van der Waals surface area contributed by atoms with E-state index in [9.17, 15) is 29.1 Å². The van der Waals surface area contributed by atoms with E-state index in [4.69, 9.17) is 15.2 Å². The van der Waals surface area contributed by atoms with Crippen molar-refractivity contribution in [3.05, 3.63) is 94.0 Å². The molecule has 0 spiro atoms. The Kier molecular flexibility index (Phi) is 12.4. The third-order valence-corrected chi connectivity index (χ3v) is 9.64. The molecule has 51 heavy (non-hydrogen) atoms. The second-order valence-electron chi connectivity index (χ2n) is 13.1. The van der Waals surface area contributed by atoms with E-state index >= 15 is 0 Å². The Morgan fingerprint density at radius 1 is 0.686 bits per heavy atom. The van der Waals surface area contributed by atoms with E-state index < -0.39 is 12.1 Å². The Morgan fingerprint density at radius 3 is 1.71 bits per heavy atom. The number of benzene rings is 3. The van der Waals surface area contributed by atoms with Crippen molar-refractivity contribution in [1.82, 2.24) is 21.3 Å². The zero-order valence-corrected chi connectivity index (χ0v) is 28.8. The summed E-state index contributed by atoms with van der Waals surface area (Å²) in [5, 5.41) is 23.7. The van der Waals surface area contributed by atoms with Crippen molar-refractivity contribution in [1.29, 1.82) is 0 Å². The van der Waals surface area contributed by atoms with Crippen LogP contribution in [0.2, 0.25) is 0 Å². The number of rotatable bonds is 13. The Labute approximate surface area is 296 Å². The highest BCUT2D eigenvalue weighted by molar-refractivity contribution is 5.99. The normalized spacial score (nSPS) is 20.7. The number of hydrogen-bond acceptors (Lipinski definition) is 9. The van der Waals surface area contributed by atoms with Crippen molar-refractivity contribution in [2.45, 2.75) is 81.8 Å². The molecule has 0 bridgehead atoms. The first-order valence-corrected chi connectivity index (χ1v) is 17.2. The molecule has 1 atom stereocenters. The van der Waals surface area contributed by atoms with Crippen molar-refractivity contribution >= 4 is 29.9 Å². The van der Waals surface area contributed by atoms with E-state index in [2.05, 4.69) is 21.3 Å². The van der Waals surface area contributed by atoms with Crippen LogP contribution in [0, 0.1) is 0 Å². The van der Waals surface area contributed by atoms with Gasteiger partial charge in [-0.1, -0.05) is 18.2 Å². The maximum atomic E-state index is 13.6. The zero-order chi connectivity index (χ0) is 36.5. The summed E-state index contributed by atoms with van der Waals surface area (Å²) >= 11 is 0. The van der Waals surface area contributed by atoms with Crippen LogP contribution in [0.25, 0.3) is 0 Å². The third kappa shape index (κ3) is 9.50. The van der Waals surface area contributed by atoms with Gasteiger partial charge in [0, 0.05) is 58.1 Å². The molecule has 2 aliphatic rings. The van der Waals surface area contributed by atoms with E-state index in [1.807, 2.05) is 0 Å². The number of carbonyl (C=O) groups is 5. The first-order chi connectivity index (χ1) is 24.6. The number of aldehydes is 1. The molecule has 2 saturated carbocycles. The summed E-state index contributed by atoms with van der Waals surface area (Å²) in [6, 6.07) is 15.7. The van der Waals surface area contributed by atoms with Crippen LogP contribution < -0.4 is 36.5 Å². The van der Waals surface area contributed by atoms with Crippen LogP contribution in [0.1, 0.15) is 115 Å². The number of aliphatic hydroxyl groups is 1. The van der Waals surface area contributed by atoms with Gasteiger partial charge in [0.15, 0.2) is 0 Å². The summed E-state index contributed by atoms with van der Waals surface area (Å²) in [7, 11) is 2.94. The molecule has 7 N–H and O–H groups in total. The molecule has 3 aromatic rings. The predicted octanol–water partition coefficient (Wildman–Crippen LogP) is 3.41. The topological polar surface area (TPSA) is 198 Å². The van der Waals surface area contributed by atoms with Gasteiger partial charge < -0.3 is 36.3 Å². The number of hydrogen-bond donors (Lipinski definition) is 6. The average Bonchev–Trinajstić information content (AvgIpc) is 3.15. The lowest BCUT2D eigenvalue weighted by atomic mass is 9.90. The zero-order valence-electron chi connectivity index (χ0n) is 28.8. The molecule has 13 nitrogen and oxygen atoms in total. The smallest absolute Gasteiger partial charge is 0.255 e. The molecule has 1 unspecified atom stereocenters. The molecule has 2 aliphatic carbocycles. The lowest BCUT2D eigenvalue weighted by molar-refractivity contribution is 0.0884. The van der Waals surface area contributed by atoms with Crippen molar-refractivity contribution in [2.75, 3.05) is 14.2 Å². The van der Waals surface area contributed by atoms with E-state index in [1.165, 1.54) is 20.3 Å². The first kappa shape index (κ1) is 37.0. The van der Waals surface area contributed by atoms with Crippen LogP contribution in [0.4, 0.5) is 0 Å². The fourth-order valence-corrected chi connectivity index (χ4v) is 6.78. The summed E-state index contributed by atoms with van der Waals surface area (Å²) < 4.78 is 11.1. The minimum atomic E-state index is -1.14. The van der Waals surface area contributed by atoms with Gasteiger partial charge in [0.05, 0.1) is 19.8 Å². The van der Waals surface area contributed by atoms with Gasteiger partial charge in [-0.3, -0.25) is 29.3 Å². The number of primary amides is 1. The third-order valence-electron chi connectivity index (χ3n) is 9.64. The highest BCUT2D eigenvalue weighted by atomic mass is 16.5. The van der Waals surface area contributed by atoms with Gasteiger partial charge in [0.2, 0.25) is 5.91 Å². The molecule has 4 amide bonds. The lowest BCUT2D eigenvalue weighted by Crippen LogP contribution is -2.44. The second-order valence-corrected chi connectivity index (χ2v) is 13.1. The van der Waals surface area contributed by atoms with Crippen LogP contribution in [-0.2, 0) is 0 Å². The molecule has 0 radical (unpaired) electrons. The number of methoxy groups -OCH3 is 2. The lowest BCUT2D eigenvalue weighted by Gasteiger charge is -2.32. The number of aliphatic hydroxyl groups excluding tert-OH is 1. The molecular formula is C38H45N5O8. The molecule has 0 aliphatic heterocycles. The predicted molar refractivity (Wildman–Crippen MR) is 189 cm³/mol. The van der Waals surface area contributed by atoms with Crippen LogP contribution in [-0.4, -0.2) is 73.4 Å².